The van der Waals surface area contributed by atoms with E-state index in [2.05, 4.69) is 4.90 Å². The number of halogens is 4. The van der Waals surface area contributed by atoms with Crippen molar-refractivity contribution >= 4 is 5.69 Å². The molecule has 0 heterocycles. The van der Waals surface area contributed by atoms with Crippen LogP contribution in [0.1, 0.15) is 39.9 Å². The van der Waals surface area contributed by atoms with Gasteiger partial charge in [-0.15, -0.1) is 0 Å². The van der Waals surface area contributed by atoms with E-state index in [-0.39, 0.29) is 23.3 Å². The third-order valence-corrected chi connectivity index (χ3v) is 6.69. The first-order chi connectivity index (χ1) is 18.4. The maximum atomic E-state index is 14.0. The molecule has 0 aliphatic rings. The molecule has 0 atom stereocenters. The second-order valence-electron chi connectivity index (χ2n) is 9.21. The van der Waals surface area contributed by atoms with Gasteiger partial charge >= 0.3 is 0 Å². The highest BCUT2D eigenvalue weighted by atomic mass is 19.1. The third kappa shape index (κ3) is 5.32. The fourth-order valence-corrected chi connectivity index (χ4v) is 4.89. The molecule has 5 aromatic carbocycles. The Hall–Kier alpha value is -4.38. The lowest BCUT2D eigenvalue weighted by atomic mass is 9.89. The van der Waals surface area contributed by atoms with Gasteiger partial charge in [-0.25, -0.2) is 17.6 Å². The van der Waals surface area contributed by atoms with E-state index in [9.17, 15) is 17.6 Å². The van der Waals surface area contributed by atoms with Gasteiger partial charge in [-0.2, -0.15) is 0 Å². The van der Waals surface area contributed by atoms with E-state index in [1.165, 1.54) is 48.5 Å². The molecule has 0 radical (unpaired) electrons. The van der Waals surface area contributed by atoms with Crippen molar-refractivity contribution in [3.8, 4) is 0 Å². The Morgan fingerprint density at radius 2 is 0.711 bits per heavy atom. The second kappa shape index (κ2) is 10.9. The van der Waals surface area contributed by atoms with Gasteiger partial charge in [0, 0.05) is 5.69 Å². The van der Waals surface area contributed by atoms with E-state index in [4.69, 9.17) is 0 Å². The van der Waals surface area contributed by atoms with Gasteiger partial charge in [0.1, 0.15) is 23.3 Å². The van der Waals surface area contributed by atoms with E-state index >= 15 is 0 Å². The summed E-state index contributed by atoms with van der Waals surface area (Å²) in [6, 6.07) is 31.7. The summed E-state index contributed by atoms with van der Waals surface area (Å²) in [7, 11) is 0. The van der Waals surface area contributed by atoms with Gasteiger partial charge < -0.3 is 4.90 Å². The van der Waals surface area contributed by atoms with E-state index in [1.807, 2.05) is 31.2 Å². The molecule has 0 spiro atoms. The van der Waals surface area contributed by atoms with Crippen LogP contribution in [0, 0.1) is 30.2 Å². The molecule has 1 nitrogen and oxygen atoms in total. The number of rotatable bonds is 7. The molecule has 0 bridgehead atoms. The Labute approximate surface area is 219 Å². The van der Waals surface area contributed by atoms with Crippen LogP contribution >= 0.6 is 0 Å². The van der Waals surface area contributed by atoms with Crippen molar-refractivity contribution in [2.24, 2.45) is 0 Å². The SMILES string of the molecule is Cc1ccccc1N(C(c1ccc(F)cc1)c1ccc(F)cc1)C(c1ccc(F)cc1)c1ccc(F)cc1. The number of hydrogen-bond acceptors (Lipinski definition) is 1. The maximum absolute atomic E-state index is 14.0. The molecule has 5 rings (SSSR count). The van der Waals surface area contributed by atoms with Crippen molar-refractivity contribution in [3.05, 3.63) is 172 Å². The summed E-state index contributed by atoms with van der Waals surface area (Å²) in [5.74, 6) is -1.49. The molecule has 0 unspecified atom stereocenters. The molecule has 0 aliphatic carbocycles. The Kier molecular flexibility index (Phi) is 7.27. The standard InChI is InChI=1S/C33H25F4N/c1-22-4-2-3-5-31(22)38(32(23-6-14-27(34)15-7-23)24-8-16-28(35)17-9-24)33(25-10-18-29(36)19-11-25)26-12-20-30(37)21-13-26/h2-21,32-33H,1H3. The van der Waals surface area contributed by atoms with Crippen LogP contribution in [0.5, 0.6) is 0 Å². The lowest BCUT2D eigenvalue weighted by molar-refractivity contribution is 0.604. The highest BCUT2D eigenvalue weighted by Gasteiger charge is 2.32. The van der Waals surface area contributed by atoms with Crippen LogP contribution in [0.4, 0.5) is 23.2 Å². The molecule has 38 heavy (non-hydrogen) atoms. The van der Waals surface area contributed by atoms with Crippen LogP contribution in [0.15, 0.2) is 121 Å². The van der Waals surface area contributed by atoms with Gasteiger partial charge in [-0.1, -0.05) is 66.7 Å². The average molecular weight is 512 g/mol. The fraction of sp³-hybridized carbons (Fsp3) is 0.0909. The van der Waals surface area contributed by atoms with Gasteiger partial charge in [-0.05, 0) is 89.3 Å². The van der Waals surface area contributed by atoms with Gasteiger partial charge in [-0.3, -0.25) is 0 Å². The van der Waals surface area contributed by atoms with Crippen LogP contribution in [-0.2, 0) is 0 Å². The summed E-state index contributed by atoms with van der Waals surface area (Å²) in [6.45, 7) is 1.99. The van der Waals surface area contributed by atoms with E-state index in [0.29, 0.717) is 0 Å². The number of benzene rings is 5. The number of anilines is 1. The van der Waals surface area contributed by atoms with Crippen molar-refractivity contribution in [3.63, 3.8) is 0 Å². The molecule has 5 heteroatoms. The average Bonchev–Trinajstić information content (AvgIpc) is 2.92. The Balaban J connectivity index is 1.83. The number of hydrogen-bond donors (Lipinski definition) is 0. The zero-order valence-corrected chi connectivity index (χ0v) is 20.7. The lowest BCUT2D eigenvalue weighted by Gasteiger charge is -2.42. The minimum atomic E-state index is -0.502. The Morgan fingerprint density at radius 3 is 1.00 bits per heavy atom. The predicted octanol–water partition coefficient (Wildman–Crippen LogP) is 8.94. The molecular formula is C33H25F4N. The smallest absolute Gasteiger partial charge is 0.123 e. The largest absolute Gasteiger partial charge is 0.349 e. The van der Waals surface area contributed by atoms with Gasteiger partial charge in [0.15, 0.2) is 0 Å². The van der Waals surface area contributed by atoms with Crippen LogP contribution in [0.3, 0.4) is 0 Å². The third-order valence-electron chi connectivity index (χ3n) is 6.69. The normalized spacial score (nSPS) is 11.2. The number of para-hydroxylation sites is 1. The highest BCUT2D eigenvalue weighted by molar-refractivity contribution is 5.61. The fourth-order valence-electron chi connectivity index (χ4n) is 4.89. The van der Waals surface area contributed by atoms with Crippen LogP contribution in [0.25, 0.3) is 0 Å². The summed E-state index contributed by atoms with van der Waals surface area (Å²) < 4.78 is 56.1. The molecule has 5 aromatic rings. The Bertz CT molecular complexity index is 1310. The number of aryl methyl sites for hydroxylation is 1. The van der Waals surface area contributed by atoms with Gasteiger partial charge in [0.25, 0.3) is 0 Å². The van der Waals surface area contributed by atoms with Crippen molar-refractivity contribution in [2.75, 3.05) is 4.90 Å². The first-order valence-corrected chi connectivity index (χ1v) is 12.3. The van der Waals surface area contributed by atoms with Crippen molar-refractivity contribution < 1.29 is 17.6 Å². The summed E-state index contributed by atoms with van der Waals surface area (Å²) in [5.41, 5.74) is 4.93. The minimum absolute atomic E-state index is 0.373. The maximum Gasteiger partial charge on any atom is 0.123 e. The quantitative estimate of drug-likeness (QED) is 0.197. The highest BCUT2D eigenvalue weighted by Crippen LogP contribution is 2.44. The lowest BCUT2D eigenvalue weighted by Crippen LogP contribution is -2.35. The first kappa shape index (κ1) is 25.3. The summed E-state index contributed by atoms with van der Waals surface area (Å²) in [5, 5.41) is 0. The zero-order valence-electron chi connectivity index (χ0n) is 20.7. The predicted molar refractivity (Wildman–Crippen MR) is 143 cm³/mol. The zero-order chi connectivity index (χ0) is 26.6. The van der Waals surface area contributed by atoms with Crippen molar-refractivity contribution in [1.29, 1.82) is 0 Å². The van der Waals surface area contributed by atoms with Crippen LogP contribution in [0.2, 0.25) is 0 Å². The molecule has 0 aromatic heterocycles. The monoisotopic (exact) mass is 511 g/mol. The van der Waals surface area contributed by atoms with E-state index < -0.39 is 12.1 Å². The molecule has 0 aliphatic heterocycles. The second-order valence-corrected chi connectivity index (χ2v) is 9.21. The summed E-state index contributed by atoms with van der Waals surface area (Å²) in [6.07, 6.45) is 0. The van der Waals surface area contributed by atoms with Gasteiger partial charge in [0.05, 0.1) is 12.1 Å². The first-order valence-electron chi connectivity index (χ1n) is 12.3. The minimum Gasteiger partial charge on any atom is -0.349 e. The van der Waals surface area contributed by atoms with E-state index in [1.54, 1.807) is 48.5 Å². The topological polar surface area (TPSA) is 3.24 Å². The van der Waals surface area contributed by atoms with E-state index in [0.717, 1.165) is 33.5 Å². The van der Waals surface area contributed by atoms with Crippen LogP contribution in [-0.4, -0.2) is 0 Å². The molecular weight excluding hydrogens is 486 g/mol. The van der Waals surface area contributed by atoms with Crippen molar-refractivity contribution in [2.45, 2.75) is 19.0 Å². The molecule has 0 saturated heterocycles. The molecule has 0 saturated carbocycles. The van der Waals surface area contributed by atoms with Crippen LogP contribution < -0.4 is 4.90 Å². The molecule has 190 valence electrons. The Morgan fingerprint density at radius 1 is 0.421 bits per heavy atom. The molecule has 0 N–H and O–H groups in total. The summed E-state index contributed by atoms with van der Waals surface area (Å²) in [4.78, 5) is 2.15. The summed E-state index contributed by atoms with van der Waals surface area (Å²) >= 11 is 0. The number of nitrogens with zero attached hydrogens (tertiary/aromatic N) is 1. The van der Waals surface area contributed by atoms with Gasteiger partial charge in [0.2, 0.25) is 0 Å². The molecule has 0 fully saturated rings. The molecule has 0 amide bonds. The van der Waals surface area contributed by atoms with Crippen molar-refractivity contribution in [1.82, 2.24) is 0 Å².